The van der Waals surface area contributed by atoms with Crippen LogP contribution in [0.4, 0.5) is 5.69 Å². The van der Waals surface area contributed by atoms with Crippen molar-refractivity contribution in [2.75, 3.05) is 45.2 Å². The zero-order valence-electron chi connectivity index (χ0n) is 12.6. The van der Waals surface area contributed by atoms with Gasteiger partial charge in [0.15, 0.2) is 0 Å². The lowest BCUT2D eigenvalue weighted by molar-refractivity contribution is 0.0952. The van der Waals surface area contributed by atoms with Crippen LogP contribution in [0, 0.1) is 0 Å². The quantitative estimate of drug-likeness (QED) is 0.806. The highest BCUT2D eigenvalue weighted by molar-refractivity contribution is 5.95. The van der Waals surface area contributed by atoms with Crippen LogP contribution in [-0.2, 0) is 0 Å². The van der Waals surface area contributed by atoms with E-state index in [0.717, 1.165) is 30.8 Å². The third-order valence-corrected chi connectivity index (χ3v) is 3.76. The topological polar surface area (TPSA) is 35.6 Å². The van der Waals surface area contributed by atoms with Gasteiger partial charge in [0.25, 0.3) is 5.91 Å². The maximum atomic E-state index is 12.1. The Labute approximate surface area is 121 Å². The molecule has 1 heterocycles. The summed E-state index contributed by atoms with van der Waals surface area (Å²) in [5, 5.41) is 3.00. The van der Waals surface area contributed by atoms with Gasteiger partial charge < -0.3 is 15.1 Å². The van der Waals surface area contributed by atoms with Crippen molar-refractivity contribution >= 4 is 11.6 Å². The van der Waals surface area contributed by atoms with Gasteiger partial charge in [-0.3, -0.25) is 4.79 Å². The smallest absolute Gasteiger partial charge is 0.251 e. The molecule has 4 heteroatoms. The summed E-state index contributed by atoms with van der Waals surface area (Å²) in [7, 11) is 3.96. The first-order valence-electron chi connectivity index (χ1n) is 7.45. The molecule has 0 atom stereocenters. The lowest BCUT2D eigenvalue weighted by Crippen LogP contribution is -2.28. The Kier molecular flexibility index (Phi) is 5.41. The van der Waals surface area contributed by atoms with Crippen molar-refractivity contribution < 1.29 is 4.79 Å². The summed E-state index contributed by atoms with van der Waals surface area (Å²) in [6.07, 6.45) is 3.67. The van der Waals surface area contributed by atoms with E-state index >= 15 is 0 Å². The van der Waals surface area contributed by atoms with Crippen LogP contribution >= 0.6 is 0 Å². The highest BCUT2D eigenvalue weighted by atomic mass is 16.1. The molecular weight excluding hydrogens is 250 g/mol. The highest BCUT2D eigenvalue weighted by Crippen LogP contribution is 2.13. The molecule has 20 heavy (non-hydrogen) atoms. The number of hydrogen-bond acceptors (Lipinski definition) is 3. The van der Waals surface area contributed by atoms with E-state index in [-0.39, 0.29) is 5.91 Å². The minimum Gasteiger partial charge on any atom is -0.378 e. The molecule has 110 valence electrons. The molecule has 1 amide bonds. The van der Waals surface area contributed by atoms with Crippen LogP contribution in [0.1, 0.15) is 29.6 Å². The van der Waals surface area contributed by atoms with Gasteiger partial charge in [0.05, 0.1) is 0 Å². The third kappa shape index (κ3) is 4.23. The van der Waals surface area contributed by atoms with E-state index in [2.05, 4.69) is 10.2 Å². The lowest BCUT2D eigenvalue weighted by Gasteiger charge is -2.15. The Hall–Kier alpha value is -1.55. The molecule has 0 unspecified atom stereocenters. The number of likely N-dealkylation sites (tertiary alicyclic amines) is 1. The molecule has 1 saturated heterocycles. The van der Waals surface area contributed by atoms with Gasteiger partial charge in [-0.15, -0.1) is 0 Å². The van der Waals surface area contributed by atoms with Crippen LogP contribution < -0.4 is 10.2 Å². The second-order valence-electron chi connectivity index (χ2n) is 5.60. The largest absolute Gasteiger partial charge is 0.378 e. The summed E-state index contributed by atoms with van der Waals surface area (Å²) in [6.45, 7) is 4.29. The SMILES string of the molecule is CN(C)c1cccc(C(=O)NCCCN2CCCC2)c1. The van der Waals surface area contributed by atoms with Crippen LogP contribution in [0.5, 0.6) is 0 Å². The zero-order valence-corrected chi connectivity index (χ0v) is 12.6. The van der Waals surface area contributed by atoms with E-state index < -0.39 is 0 Å². The minimum atomic E-state index is 0.0233. The van der Waals surface area contributed by atoms with E-state index in [1.165, 1.54) is 25.9 Å². The molecule has 1 aliphatic heterocycles. The number of carbonyl (C=O) groups excluding carboxylic acids is 1. The average molecular weight is 275 g/mol. The zero-order chi connectivity index (χ0) is 14.4. The van der Waals surface area contributed by atoms with E-state index in [4.69, 9.17) is 0 Å². The van der Waals surface area contributed by atoms with Crippen molar-refractivity contribution in [1.29, 1.82) is 0 Å². The molecule has 1 fully saturated rings. The summed E-state index contributed by atoms with van der Waals surface area (Å²) < 4.78 is 0. The van der Waals surface area contributed by atoms with Crippen molar-refractivity contribution in [3.63, 3.8) is 0 Å². The van der Waals surface area contributed by atoms with Gasteiger partial charge in [-0.05, 0) is 57.1 Å². The monoisotopic (exact) mass is 275 g/mol. The van der Waals surface area contributed by atoms with Gasteiger partial charge in [-0.2, -0.15) is 0 Å². The molecule has 1 aromatic rings. The summed E-state index contributed by atoms with van der Waals surface area (Å²) in [4.78, 5) is 16.5. The summed E-state index contributed by atoms with van der Waals surface area (Å²) in [6, 6.07) is 7.72. The average Bonchev–Trinajstić information content (AvgIpc) is 2.96. The predicted molar refractivity (Wildman–Crippen MR) is 83.4 cm³/mol. The number of benzene rings is 1. The second kappa shape index (κ2) is 7.29. The van der Waals surface area contributed by atoms with Crippen molar-refractivity contribution in [2.45, 2.75) is 19.3 Å². The summed E-state index contributed by atoms with van der Waals surface area (Å²) in [5.41, 5.74) is 1.78. The summed E-state index contributed by atoms with van der Waals surface area (Å²) >= 11 is 0. The first kappa shape index (κ1) is 14.9. The lowest BCUT2D eigenvalue weighted by atomic mass is 10.2. The number of hydrogen-bond donors (Lipinski definition) is 1. The first-order chi connectivity index (χ1) is 9.66. The summed E-state index contributed by atoms with van der Waals surface area (Å²) in [5.74, 6) is 0.0233. The van der Waals surface area contributed by atoms with Crippen LogP contribution in [-0.4, -0.2) is 51.1 Å². The second-order valence-corrected chi connectivity index (χ2v) is 5.60. The molecule has 4 nitrogen and oxygen atoms in total. The van der Waals surface area contributed by atoms with Crippen LogP contribution in [0.25, 0.3) is 0 Å². The number of nitrogens with zero attached hydrogens (tertiary/aromatic N) is 2. The van der Waals surface area contributed by atoms with Crippen molar-refractivity contribution in [3.05, 3.63) is 29.8 Å². The van der Waals surface area contributed by atoms with Gasteiger partial charge in [0, 0.05) is 31.9 Å². The molecule has 2 rings (SSSR count). The van der Waals surface area contributed by atoms with E-state index in [1.54, 1.807) is 0 Å². The van der Waals surface area contributed by atoms with Crippen LogP contribution in [0.15, 0.2) is 24.3 Å². The maximum Gasteiger partial charge on any atom is 0.251 e. The number of nitrogens with one attached hydrogen (secondary N) is 1. The Morgan fingerprint density at radius 2 is 2.05 bits per heavy atom. The van der Waals surface area contributed by atoms with Crippen LogP contribution in [0.2, 0.25) is 0 Å². The predicted octanol–water partition coefficient (Wildman–Crippen LogP) is 1.97. The molecular formula is C16H25N3O. The van der Waals surface area contributed by atoms with E-state index in [0.29, 0.717) is 0 Å². The van der Waals surface area contributed by atoms with E-state index in [9.17, 15) is 4.79 Å². The van der Waals surface area contributed by atoms with Crippen LogP contribution in [0.3, 0.4) is 0 Å². The Bertz CT molecular complexity index is 439. The van der Waals surface area contributed by atoms with Gasteiger partial charge >= 0.3 is 0 Å². The number of rotatable bonds is 6. The fourth-order valence-corrected chi connectivity index (χ4v) is 2.54. The molecule has 0 bridgehead atoms. The highest BCUT2D eigenvalue weighted by Gasteiger charge is 2.11. The molecule has 0 aromatic heterocycles. The molecule has 0 aliphatic carbocycles. The van der Waals surface area contributed by atoms with Gasteiger partial charge in [-0.25, -0.2) is 0 Å². The molecule has 0 spiro atoms. The van der Waals surface area contributed by atoms with Gasteiger partial charge in [0.2, 0.25) is 0 Å². The Morgan fingerprint density at radius 1 is 1.30 bits per heavy atom. The maximum absolute atomic E-state index is 12.1. The molecule has 0 saturated carbocycles. The van der Waals surface area contributed by atoms with Crippen molar-refractivity contribution in [2.24, 2.45) is 0 Å². The van der Waals surface area contributed by atoms with E-state index in [1.807, 2.05) is 43.3 Å². The first-order valence-corrected chi connectivity index (χ1v) is 7.45. The van der Waals surface area contributed by atoms with Crippen molar-refractivity contribution in [3.8, 4) is 0 Å². The molecule has 1 aromatic carbocycles. The normalized spacial score (nSPS) is 15.3. The number of anilines is 1. The fraction of sp³-hybridized carbons (Fsp3) is 0.562. The Balaban J connectivity index is 1.75. The number of carbonyl (C=O) groups is 1. The minimum absolute atomic E-state index is 0.0233. The molecule has 0 radical (unpaired) electrons. The fourth-order valence-electron chi connectivity index (χ4n) is 2.54. The standard InChI is InChI=1S/C16H25N3O/c1-18(2)15-8-5-7-14(13-15)16(20)17-9-6-12-19-10-3-4-11-19/h5,7-8,13H,3-4,6,9-12H2,1-2H3,(H,17,20). The van der Waals surface area contributed by atoms with Gasteiger partial charge in [0.1, 0.15) is 0 Å². The third-order valence-electron chi connectivity index (χ3n) is 3.76. The molecule has 1 N–H and O–H groups in total. The van der Waals surface area contributed by atoms with Gasteiger partial charge in [-0.1, -0.05) is 6.07 Å². The number of amides is 1. The van der Waals surface area contributed by atoms with Crippen molar-refractivity contribution in [1.82, 2.24) is 10.2 Å². The molecule has 1 aliphatic rings. The Morgan fingerprint density at radius 3 is 2.75 bits per heavy atom.